The highest BCUT2D eigenvalue weighted by Crippen LogP contribution is 2.40. The number of hydrogen-bond acceptors (Lipinski definition) is 6. The van der Waals surface area contributed by atoms with E-state index < -0.39 is 0 Å². The van der Waals surface area contributed by atoms with E-state index in [4.69, 9.17) is 19.9 Å². The Bertz CT molecular complexity index is 1190. The second kappa shape index (κ2) is 6.45. The van der Waals surface area contributed by atoms with E-state index in [1.54, 1.807) is 0 Å². The third-order valence-electron chi connectivity index (χ3n) is 4.70. The number of nitrogens with two attached hydrogens (primary N) is 1. The van der Waals surface area contributed by atoms with E-state index in [2.05, 4.69) is 9.97 Å². The Morgan fingerprint density at radius 3 is 2.89 bits per heavy atom. The van der Waals surface area contributed by atoms with E-state index in [0.717, 1.165) is 39.3 Å². The van der Waals surface area contributed by atoms with Gasteiger partial charge < -0.3 is 24.5 Å². The normalized spacial score (nSPS) is 12.5. The van der Waals surface area contributed by atoms with Gasteiger partial charge in [0.25, 0.3) is 0 Å². The molecule has 0 amide bonds. The van der Waals surface area contributed by atoms with Crippen LogP contribution in [0.1, 0.15) is 6.92 Å². The van der Waals surface area contributed by atoms with Crippen LogP contribution in [0.3, 0.4) is 0 Å². The molecule has 2 aromatic carbocycles. The molecule has 0 radical (unpaired) electrons. The fourth-order valence-electron chi connectivity index (χ4n) is 3.45. The van der Waals surface area contributed by atoms with Crippen molar-refractivity contribution in [2.45, 2.75) is 6.92 Å². The quantitative estimate of drug-likeness (QED) is 0.585. The second-order valence-electron chi connectivity index (χ2n) is 6.37. The van der Waals surface area contributed by atoms with Crippen molar-refractivity contribution < 1.29 is 14.2 Å². The van der Waals surface area contributed by atoms with Gasteiger partial charge in [0.15, 0.2) is 17.1 Å². The van der Waals surface area contributed by atoms with Crippen LogP contribution in [0.15, 0.2) is 55.0 Å². The van der Waals surface area contributed by atoms with Gasteiger partial charge in [-0.05, 0) is 36.8 Å². The first-order chi connectivity index (χ1) is 13.7. The molecule has 3 heterocycles. The first kappa shape index (κ1) is 16.4. The van der Waals surface area contributed by atoms with Crippen molar-refractivity contribution in [2.24, 2.45) is 0 Å². The lowest BCUT2D eigenvalue weighted by Crippen LogP contribution is -1.98. The molecule has 28 heavy (non-hydrogen) atoms. The van der Waals surface area contributed by atoms with Crippen LogP contribution in [0, 0.1) is 0 Å². The number of rotatable bonds is 4. The Morgan fingerprint density at radius 1 is 1.11 bits per heavy atom. The summed E-state index contributed by atoms with van der Waals surface area (Å²) in [5.41, 5.74) is 9.77. The van der Waals surface area contributed by atoms with Crippen LogP contribution >= 0.6 is 0 Å². The topological polar surface area (TPSA) is 84.4 Å². The summed E-state index contributed by atoms with van der Waals surface area (Å²) >= 11 is 0. The molecule has 0 aliphatic carbocycles. The minimum absolute atomic E-state index is 0.232. The number of nitrogen functional groups attached to an aromatic ring is 1. The van der Waals surface area contributed by atoms with E-state index in [-0.39, 0.29) is 6.79 Å². The number of anilines is 1. The molecule has 4 aromatic rings. The van der Waals surface area contributed by atoms with Crippen molar-refractivity contribution >= 4 is 16.9 Å². The van der Waals surface area contributed by atoms with Crippen LogP contribution < -0.4 is 19.9 Å². The molecule has 140 valence electrons. The van der Waals surface area contributed by atoms with E-state index in [1.165, 1.54) is 6.33 Å². The van der Waals surface area contributed by atoms with Crippen molar-refractivity contribution in [2.75, 3.05) is 19.1 Å². The third-order valence-corrected chi connectivity index (χ3v) is 4.70. The number of ether oxygens (including phenoxy) is 3. The summed E-state index contributed by atoms with van der Waals surface area (Å²) in [6.07, 6.45) is 3.49. The Kier molecular flexibility index (Phi) is 3.79. The molecule has 1 aliphatic rings. The molecule has 0 bridgehead atoms. The van der Waals surface area contributed by atoms with Gasteiger partial charge >= 0.3 is 0 Å². The van der Waals surface area contributed by atoms with E-state index >= 15 is 0 Å². The molecule has 2 N–H and O–H groups in total. The molecule has 1 aliphatic heterocycles. The smallest absolute Gasteiger partial charge is 0.231 e. The van der Waals surface area contributed by atoms with Crippen LogP contribution in [0.25, 0.3) is 27.8 Å². The Morgan fingerprint density at radius 2 is 2.00 bits per heavy atom. The van der Waals surface area contributed by atoms with Gasteiger partial charge in [-0.2, -0.15) is 0 Å². The number of aromatic nitrogens is 3. The van der Waals surface area contributed by atoms with Crippen LogP contribution in [0.2, 0.25) is 0 Å². The van der Waals surface area contributed by atoms with Crippen LogP contribution in [-0.2, 0) is 0 Å². The largest absolute Gasteiger partial charge is 0.494 e. The Labute approximate surface area is 161 Å². The molecule has 2 aromatic heterocycles. The summed E-state index contributed by atoms with van der Waals surface area (Å²) in [7, 11) is 0. The van der Waals surface area contributed by atoms with E-state index in [1.807, 2.05) is 60.2 Å². The van der Waals surface area contributed by atoms with Crippen molar-refractivity contribution in [3.8, 4) is 34.1 Å². The lowest BCUT2D eigenvalue weighted by molar-refractivity contribution is 0.174. The maximum absolute atomic E-state index is 6.23. The zero-order chi connectivity index (χ0) is 19.1. The predicted molar refractivity (Wildman–Crippen MR) is 106 cm³/mol. The van der Waals surface area contributed by atoms with Crippen LogP contribution in [0.5, 0.6) is 17.2 Å². The van der Waals surface area contributed by atoms with E-state index in [9.17, 15) is 0 Å². The number of benzene rings is 2. The zero-order valence-electron chi connectivity index (χ0n) is 15.3. The van der Waals surface area contributed by atoms with Crippen molar-refractivity contribution in [3.63, 3.8) is 0 Å². The Hall–Kier alpha value is -3.74. The number of fused-ring (bicyclic) bond motifs is 2. The third kappa shape index (κ3) is 2.60. The number of hydrogen-bond donors (Lipinski definition) is 1. The first-order valence-corrected chi connectivity index (χ1v) is 8.99. The fraction of sp³-hybridized carbons (Fsp3) is 0.143. The van der Waals surface area contributed by atoms with Gasteiger partial charge in [0, 0.05) is 17.8 Å². The van der Waals surface area contributed by atoms with Crippen molar-refractivity contribution in [1.29, 1.82) is 0 Å². The van der Waals surface area contributed by atoms with Crippen molar-refractivity contribution in [1.82, 2.24) is 14.5 Å². The number of nitrogens with zero attached hydrogens (tertiary/aromatic N) is 3. The van der Waals surface area contributed by atoms with Crippen LogP contribution in [0.4, 0.5) is 5.82 Å². The second-order valence-corrected chi connectivity index (χ2v) is 6.37. The minimum atomic E-state index is 0.232. The molecule has 0 atom stereocenters. The fourth-order valence-corrected chi connectivity index (χ4v) is 3.45. The molecule has 0 saturated carbocycles. The standard InChI is InChI=1S/C21H18N4O3/c1-2-26-15-5-3-4-14(9-15)25-10-16(19-20(22)23-11-24-21(19)25)13-6-7-17-18(8-13)28-12-27-17/h3-11H,2,12H2,1H3,(H2,22,23,24). The van der Waals surface area contributed by atoms with Gasteiger partial charge in [0.05, 0.1) is 17.7 Å². The maximum atomic E-state index is 6.23. The summed E-state index contributed by atoms with van der Waals surface area (Å²) in [4.78, 5) is 8.68. The van der Waals surface area contributed by atoms with Crippen molar-refractivity contribution in [3.05, 3.63) is 55.0 Å². The molecule has 0 spiro atoms. The molecular formula is C21H18N4O3. The zero-order valence-corrected chi connectivity index (χ0v) is 15.3. The van der Waals surface area contributed by atoms with Gasteiger partial charge in [-0.15, -0.1) is 0 Å². The molecule has 5 rings (SSSR count). The average molecular weight is 374 g/mol. The Balaban J connectivity index is 1.72. The molecule has 0 unspecified atom stereocenters. The molecule has 7 nitrogen and oxygen atoms in total. The van der Waals surface area contributed by atoms with Gasteiger partial charge in [0.1, 0.15) is 17.9 Å². The minimum Gasteiger partial charge on any atom is -0.494 e. The highest BCUT2D eigenvalue weighted by molar-refractivity contribution is 6.01. The maximum Gasteiger partial charge on any atom is 0.231 e. The highest BCUT2D eigenvalue weighted by atomic mass is 16.7. The molecule has 7 heteroatoms. The van der Waals surface area contributed by atoms with Crippen LogP contribution in [-0.4, -0.2) is 27.9 Å². The molecule has 0 saturated heterocycles. The van der Waals surface area contributed by atoms with E-state index in [0.29, 0.717) is 18.2 Å². The lowest BCUT2D eigenvalue weighted by atomic mass is 10.1. The predicted octanol–water partition coefficient (Wildman–Crippen LogP) is 3.80. The molecular weight excluding hydrogens is 356 g/mol. The lowest BCUT2D eigenvalue weighted by Gasteiger charge is -2.08. The summed E-state index contributed by atoms with van der Waals surface area (Å²) < 4.78 is 18.6. The highest BCUT2D eigenvalue weighted by Gasteiger charge is 2.19. The van der Waals surface area contributed by atoms with Gasteiger partial charge in [-0.25, -0.2) is 9.97 Å². The van der Waals surface area contributed by atoms with Gasteiger partial charge in [-0.1, -0.05) is 12.1 Å². The SMILES string of the molecule is CCOc1cccc(-n2cc(-c3ccc4c(c3)OCO4)c3c(N)ncnc32)c1. The summed E-state index contributed by atoms with van der Waals surface area (Å²) in [5, 5.41) is 0.795. The van der Waals surface area contributed by atoms with Gasteiger partial charge in [-0.3, -0.25) is 0 Å². The summed E-state index contributed by atoms with van der Waals surface area (Å²) in [6.45, 7) is 2.80. The average Bonchev–Trinajstić information content (AvgIpc) is 3.33. The van der Waals surface area contributed by atoms with Gasteiger partial charge in [0.2, 0.25) is 6.79 Å². The monoisotopic (exact) mass is 374 g/mol. The summed E-state index contributed by atoms with van der Waals surface area (Å²) in [6, 6.07) is 13.7. The first-order valence-electron chi connectivity index (χ1n) is 8.99. The summed E-state index contributed by atoms with van der Waals surface area (Å²) in [5.74, 6) is 2.68. The molecule has 0 fully saturated rings.